The van der Waals surface area contributed by atoms with Gasteiger partial charge in [-0.15, -0.1) is 11.3 Å². The summed E-state index contributed by atoms with van der Waals surface area (Å²) in [6.07, 6.45) is 0. The molecule has 8 aromatic carbocycles. The van der Waals surface area contributed by atoms with E-state index in [1.165, 1.54) is 52.8 Å². The summed E-state index contributed by atoms with van der Waals surface area (Å²) >= 11 is 1.80. The van der Waals surface area contributed by atoms with Crippen LogP contribution in [0.2, 0.25) is 0 Å². The molecular formula is C47H28N4S. The second-order valence-electron chi connectivity index (χ2n) is 13.2. The molecule has 3 heterocycles. The highest BCUT2D eigenvalue weighted by Gasteiger charge is 2.19. The molecule has 0 saturated carbocycles. The number of hydrogen-bond donors (Lipinski definition) is 0. The van der Waals surface area contributed by atoms with Gasteiger partial charge in [0.2, 0.25) is 0 Å². The Morgan fingerprint density at radius 2 is 1.00 bits per heavy atom. The Morgan fingerprint density at radius 3 is 1.85 bits per heavy atom. The molecule has 11 aromatic rings. The van der Waals surface area contributed by atoms with Gasteiger partial charge in [0.15, 0.2) is 17.5 Å². The number of fused-ring (bicyclic) bond motifs is 8. The first-order valence-electron chi connectivity index (χ1n) is 17.4. The third-order valence-electron chi connectivity index (χ3n) is 10.2. The maximum Gasteiger partial charge on any atom is 0.164 e. The smallest absolute Gasteiger partial charge is 0.164 e. The minimum absolute atomic E-state index is 0.649. The number of hydrogen-bond acceptors (Lipinski definition) is 4. The molecule has 11 rings (SSSR count). The highest BCUT2D eigenvalue weighted by molar-refractivity contribution is 7.25. The van der Waals surface area contributed by atoms with Crippen molar-refractivity contribution in [1.29, 1.82) is 0 Å². The van der Waals surface area contributed by atoms with Crippen molar-refractivity contribution in [3.05, 3.63) is 170 Å². The van der Waals surface area contributed by atoms with Crippen LogP contribution >= 0.6 is 11.3 Å². The first-order valence-corrected chi connectivity index (χ1v) is 18.3. The summed E-state index contributed by atoms with van der Waals surface area (Å²) in [5.41, 5.74) is 6.37. The van der Waals surface area contributed by atoms with Crippen LogP contribution in [0.15, 0.2) is 170 Å². The molecule has 0 unspecified atom stereocenters. The molecule has 0 N–H and O–H groups in total. The summed E-state index contributed by atoms with van der Waals surface area (Å²) in [7, 11) is 0. The van der Waals surface area contributed by atoms with Crippen LogP contribution in [0.4, 0.5) is 0 Å². The van der Waals surface area contributed by atoms with Gasteiger partial charge < -0.3 is 4.57 Å². The quantitative estimate of drug-likeness (QED) is 0.186. The van der Waals surface area contributed by atoms with Crippen molar-refractivity contribution in [2.24, 2.45) is 0 Å². The number of benzene rings is 8. The second-order valence-corrected chi connectivity index (χ2v) is 14.3. The van der Waals surface area contributed by atoms with Gasteiger partial charge in [0, 0.05) is 53.0 Å². The Hall–Kier alpha value is -6.69. The van der Waals surface area contributed by atoms with Crippen LogP contribution < -0.4 is 0 Å². The molecule has 3 aromatic heterocycles. The molecule has 0 spiro atoms. The summed E-state index contributed by atoms with van der Waals surface area (Å²) in [6.45, 7) is 0. The van der Waals surface area contributed by atoms with Crippen LogP contribution in [0, 0.1) is 0 Å². The Bertz CT molecular complexity index is 3190. The molecule has 0 aliphatic rings. The average Bonchev–Trinajstić information content (AvgIpc) is 3.74. The fourth-order valence-corrected chi connectivity index (χ4v) is 8.94. The fraction of sp³-hybridized carbons (Fsp3) is 0. The van der Waals surface area contributed by atoms with Gasteiger partial charge in [-0.1, -0.05) is 127 Å². The molecule has 0 atom stereocenters. The van der Waals surface area contributed by atoms with E-state index in [1.54, 1.807) is 11.3 Å². The van der Waals surface area contributed by atoms with Gasteiger partial charge >= 0.3 is 0 Å². The summed E-state index contributed by atoms with van der Waals surface area (Å²) in [5, 5.41) is 9.69. The number of para-hydroxylation sites is 1. The molecule has 0 aliphatic carbocycles. The van der Waals surface area contributed by atoms with Crippen LogP contribution in [0.5, 0.6) is 0 Å². The third-order valence-corrected chi connectivity index (χ3v) is 11.4. The maximum atomic E-state index is 5.21. The SMILES string of the molecule is c1ccc(-c2nc(-c3ccc4c(c3)sc3ccccc34)nc(-c3ccc(-n4c5ccccc5c5cc6ccccc6cc54)c4ccccc34)n2)cc1. The van der Waals surface area contributed by atoms with Gasteiger partial charge in [0.25, 0.3) is 0 Å². The standard InChI is InChI=1S/C47H28N4S/c1-2-12-29(13-3-1)45-48-46(32-22-23-37-36-19-9-11-21-43(36)52-44(37)28-32)50-47(49-45)38-24-25-41(34-17-7-6-16-33(34)38)51-40-20-10-8-18-35(40)39-26-30-14-4-5-15-31(30)27-42(39)51/h1-28H. The first kappa shape index (κ1) is 29.1. The number of aromatic nitrogens is 4. The molecule has 0 amide bonds. The third kappa shape index (κ3) is 4.50. The first-order chi connectivity index (χ1) is 25.8. The minimum atomic E-state index is 0.649. The maximum absolute atomic E-state index is 5.21. The molecule has 4 nitrogen and oxygen atoms in total. The molecule has 0 saturated heterocycles. The van der Waals surface area contributed by atoms with E-state index >= 15 is 0 Å². The van der Waals surface area contributed by atoms with Crippen LogP contribution in [0.3, 0.4) is 0 Å². The predicted molar refractivity (Wildman–Crippen MR) is 218 cm³/mol. The lowest BCUT2D eigenvalue weighted by Gasteiger charge is -2.15. The largest absolute Gasteiger partial charge is 0.309 e. The van der Waals surface area contributed by atoms with Gasteiger partial charge in [-0.3, -0.25) is 0 Å². The van der Waals surface area contributed by atoms with Crippen LogP contribution in [-0.4, -0.2) is 19.5 Å². The highest BCUT2D eigenvalue weighted by Crippen LogP contribution is 2.40. The highest BCUT2D eigenvalue weighted by atomic mass is 32.1. The number of thiophene rings is 1. The van der Waals surface area contributed by atoms with Crippen molar-refractivity contribution >= 4 is 74.9 Å². The minimum Gasteiger partial charge on any atom is -0.309 e. The second kappa shape index (κ2) is 11.4. The lowest BCUT2D eigenvalue weighted by molar-refractivity contribution is 1.08. The zero-order valence-electron chi connectivity index (χ0n) is 27.9. The van der Waals surface area contributed by atoms with E-state index in [0.717, 1.165) is 33.2 Å². The van der Waals surface area contributed by atoms with Gasteiger partial charge in [-0.25, -0.2) is 15.0 Å². The van der Waals surface area contributed by atoms with E-state index in [4.69, 9.17) is 15.0 Å². The van der Waals surface area contributed by atoms with Crippen molar-refractivity contribution in [2.75, 3.05) is 0 Å². The zero-order valence-corrected chi connectivity index (χ0v) is 28.7. The summed E-state index contributed by atoms with van der Waals surface area (Å²) in [4.78, 5) is 15.4. The Balaban J connectivity index is 1.14. The van der Waals surface area contributed by atoms with Gasteiger partial charge in [-0.05, 0) is 58.6 Å². The summed E-state index contributed by atoms with van der Waals surface area (Å²) in [5.74, 6) is 1.96. The number of rotatable bonds is 4. The molecule has 242 valence electrons. The van der Waals surface area contributed by atoms with Crippen LogP contribution in [0.25, 0.3) is 103 Å². The number of nitrogens with zero attached hydrogens (tertiary/aromatic N) is 4. The lowest BCUT2D eigenvalue weighted by Crippen LogP contribution is -2.01. The van der Waals surface area contributed by atoms with Crippen LogP contribution in [0.1, 0.15) is 0 Å². The zero-order chi connectivity index (χ0) is 34.2. The lowest BCUT2D eigenvalue weighted by atomic mass is 10.0. The monoisotopic (exact) mass is 680 g/mol. The van der Waals surface area contributed by atoms with Crippen molar-refractivity contribution in [1.82, 2.24) is 19.5 Å². The van der Waals surface area contributed by atoms with Crippen molar-refractivity contribution in [3.63, 3.8) is 0 Å². The van der Waals surface area contributed by atoms with E-state index in [-0.39, 0.29) is 0 Å². The Labute approximate surface area is 302 Å². The molecule has 0 bridgehead atoms. The molecule has 0 radical (unpaired) electrons. The van der Waals surface area contributed by atoms with Crippen LogP contribution in [-0.2, 0) is 0 Å². The molecule has 5 heteroatoms. The van der Waals surface area contributed by atoms with E-state index in [0.29, 0.717) is 17.5 Å². The van der Waals surface area contributed by atoms with Crippen molar-refractivity contribution < 1.29 is 0 Å². The van der Waals surface area contributed by atoms with Gasteiger partial charge in [0.05, 0.1) is 16.7 Å². The summed E-state index contributed by atoms with van der Waals surface area (Å²) < 4.78 is 4.91. The molecular weight excluding hydrogens is 653 g/mol. The molecule has 52 heavy (non-hydrogen) atoms. The summed E-state index contributed by atoms with van der Waals surface area (Å²) in [6, 6.07) is 60.3. The Morgan fingerprint density at radius 1 is 0.365 bits per heavy atom. The molecule has 0 aliphatic heterocycles. The van der Waals surface area contributed by atoms with E-state index < -0.39 is 0 Å². The van der Waals surface area contributed by atoms with E-state index in [2.05, 4.69) is 156 Å². The van der Waals surface area contributed by atoms with E-state index in [9.17, 15) is 0 Å². The topological polar surface area (TPSA) is 43.6 Å². The predicted octanol–water partition coefficient (Wildman–Crippen LogP) is 12.6. The van der Waals surface area contributed by atoms with Gasteiger partial charge in [0.1, 0.15) is 0 Å². The molecule has 0 fully saturated rings. The van der Waals surface area contributed by atoms with E-state index in [1.807, 2.05) is 18.2 Å². The Kier molecular flexibility index (Phi) is 6.39. The average molecular weight is 681 g/mol. The fourth-order valence-electron chi connectivity index (χ4n) is 7.79. The van der Waals surface area contributed by atoms with Gasteiger partial charge in [-0.2, -0.15) is 0 Å². The van der Waals surface area contributed by atoms with Crippen molar-refractivity contribution in [3.8, 4) is 39.9 Å². The normalized spacial score (nSPS) is 11.8. The van der Waals surface area contributed by atoms with Crippen molar-refractivity contribution in [2.45, 2.75) is 0 Å².